The van der Waals surface area contributed by atoms with E-state index in [-0.39, 0.29) is 5.54 Å². The van der Waals surface area contributed by atoms with Crippen LogP contribution in [-0.2, 0) is 0 Å². The molecule has 0 aromatic carbocycles. The van der Waals surface area contributed by atoms with Crippen LogP contribution in [0, 0.1) is 5.92 Å². The van der Waals surface area contributed by atoms with Crippen molar-refractivity contribution in [3.8, 4) is 0 Å². The Hall–Kier alpha value is 0.270. The van der Waals surface area contributed by atoms with E-state index >= 15 is 0 Å². The molecule has 1 heterocycles. The van der Waals surface area contributed by atoms with Gasteiger partial charge in [-0.05, 0) is 45.0 Å². The zero-order valence-corrected chi connectivity index (χ0v) is 8.91. The molecule has 0 aromatic heterocycles. The average molecular weight is 188 g/mol. The summed E-state index contributed by atoms with van der Waals surface area (Å²) in [6, 6.07) is 0. The van der Waals surface area contributed by atoms with Crippen molar-refractivity contribution in [1.82, 2.24) is 5.32 Å². The Balaban J connectivity index is 2.02. The molecule has 1 unspecified atom stereocenters. The lowest BCUT2D eigenvalue weighted by atomic mass is 10.1. The lowest BCUT2D eigenvalue weighted by molar-refractivity contribution is 0.588. The number of nitrogens with one attached hydrogen (secondary N) is 1. The molecule has 3 N–H and O–H groups in total. The highest BCUT2D eigenvalue weighted by Crippen LogP contribution is 2.17. The maximum Gasteiger partial charge on any atom is 0.0188 e. The van der Waals surface area contributed by atoms with E-state index in [2.05, 4.69) is 19.2 Å². The van der Waals surface area contributed by atoms with Crippen LogP contribution in [-0.4, -0.2) is 30.1 Å². The first-order chi connectivity index (χ1) is 5.58. The molecule has 1 atom stereocenters. The van der Waals surface area contributed by atoms with Gasteiger partial charge in [0.05, 0.1) is 0 Å². The summed E-state index contributed by atoms with van der Waals surface area (Å²) in [6.07, 6.45) is 1.35. The molecule has 0 aromatic rings. The Morgan fingerprint density at radius 1 is 1.58 bits per heavy atom. The van der Waals surface area contributed by atoms with Crippen molar-refractivity contribution >= 4 is 11.8 Å². The van der Waals surface area contributed by atoms with Crippen LogP contribution in [0.3, 0.4) is 0 Å². The van der Waals surface area contributed by atoms with Gasteiger partial charge in [-0.1, -0.05) is 0 Å². The highest BCUT2D eigenvalue weighted by molar-refractivity contribution is 7.99. The van der Waals surface area contributed by atoms with Crippen LogP contribution in [0.2, 0.25) is 0 Å². The van der Waals surface area contributed by atoms with E-state index in [9.17, 15) is 0 Å². The summed E-state index contributed by atoms with van der Waals surface area (Å²) in [5.74, 6) is 3.23. The number of nitrogens with two attached hydrogens (primary N) is 1. The molecule has 0 spiro atoms. The topological polar surface area (TPSA) is 38.0 Å². The summed E-state index contributed by atoms with van der Waals surface area (Å²) >= 11 is 1.99. The van der Waals surface area contributed by atoms with Gasteiger partial charge in [-0.2, -0.15) is 11.8 Å². The van der Waals surface area contributed by atoms with Gasteiger partial charge in [0.1, 0.15) is 0 Å². The van der Waals surface area contributed by atoms with Crippen molar-refractivity contribution in [2.45, 2.75) is 25.8 Å². The maximum absolute atomic E-state index is 5.88. The molecule has 0 amide bonds. The Morgan fingerprint density at radius 2 is 2.33 bits per heavy atom. The van der Waals surface area contributed by atoms with Crippen molar-refractivity contribution < 1.29 is 0 Å². The second kappa shape index (κ2) is 4.49. The van der Waals surface area contributed by atoms with E-state index in [0.29, 0.717) is 0 Å². The number of thioether (sulfide) groups is 1. The smallest absolute Gasteiger partial charge is 0.0188 e. The molecule has 72 valence electrons. The Bertz CT molecular complexity index is 125. The van der Waals surface area contributed by atoms with Crippen LogP contribution < -0.4 is 11.1 Å². The van der Waals surface area contributed by atoms with Crippen LogP contribution >= 0.6 is 11.8 Å². The van der Waals surface area contributed by atoms with Gasteiger partial charge in [0.15, 0.2) is 0 Å². The molecule has 0 radical (unpaired) electrons. The summed E-state index contributed by atoms with van der Waals surface area (Å²) < 4.78 is 0. The summed E-state index contributed by atoms with van der Waals surface area (Å²) in [5.41, 5.74) is 5.88. The fourth-order valence-corrected chi connectivity index (χ4v) is 2.61. The van der Waals surface area contributed by atoms with E-state index in [0.717, 1.165) is 11.7 Å². The standard InChI is InChI=1S/C9H20N2S/c1-9(2,10)7-12-6-8-3-4-11-5-8/h8,11H,3-7,10H2,1-2H3. The number of rotatable bonds is 4. The molecule has 2 nitrogen and oxygen atoms in total. The van der Waals surface area contributed by atoms with E-state index in [1.807, 2.05) is 11.8 Å². The molecule has 0 bridgehead atoms. The summed E-state index contributed by atoms with van der Waals surface area (Å²) in [6.45, 7) is 6.59. The third-order valence-corrected chi connectivity index (χ3v) is 3.65. The summed E-state index contributed by atoms with van der Waals surface area (Å²) in [5, 5.41) is 3.38. The second-order valence-electron chi connectivity index (χ2n) is 4.36. The number of hydrogen-bond acceptors (Lipinski definition) is 3. The second-order valence-corrected chi connectivity index (χ2v) is 5.39. The van der Waals surface area contributed by atoms with Gasteiger partial charge in [-0.15, -0.1) is 0 Å². The molecular formula is C9H20N2S. The minimum Gasteiger partial charge on any atom is -0.325 e. The Morgan fingerprint density at radius 3 is 2.83 bits per heavy atom. The monoisotopic (exact) mass is 188 g/mol. The van der Waals surface area contributed by atoms with E-state index in [4.69, 9.17) is 5.73 Å². The third kappa shape index (κ3) is 4.33. The highest BCUT2D eigenvalue weighted by Gasteiger charge is 2.16. The first-order valence-electron chi connectivity index (χ1n) is 4.65. The summed E-state index contributed by atoms with van der Waals surface area (Å²) in [4.78, 5) is 0. The quantitative estimate of drug-likeness (QED) is 0.693. The van der Waals surface area contributed by atoms with Crippen LogP contribution in [0.1, 0.15) is 20.3 Å². The average Bonchev–Trinajstić information content (AvgIpc) is 2.36. The van der Waals surface area contributed by atoms with Gasteiger partial charge < -0.3 is 11.1 Å². The molecule has 1 saturated heterocycles. The van der Waals surface area contributed by atoms with Crippen molar-refractivity contribution in [3.05, 3.63) is 0 Å². The molecule has 12 heavy (non-hydrogen) atoms. The van der Waals surface area contributed by atoms with E-state index in [1.54, 1.807) is 0 Å². The van der Waals surface area contributed by atoms with Gasteiger partial charge in [-0.3, -0.25) is 0 Å². The fourth-order valence-electron chi connectivity index (χ4n) is 1.35. The van der Waals surface area contributed by atoms with Gasteiger partial charge >= 0.3 is 0 Å². The van der Waals surface area contributed by atoms with Crippen molar-refractivity contribution in [3.63, 3.8) is 0 Å². The maximum atomic E-state index is 5.88. The van der Waals surface area contributed by atoms with E-state index in [1.165, 1.54) is 25.3 Å². The SMILES string of the molecule is CC(C)(N)CSCC1CCNC1. The highest BCUT2D eigenvalue weighted by atomic mass is 32.2. The lowest BCUT2D eigenvalue weighted by Crippen LogP contribution is -2.35. The Labute approximate surface area is 79.7 Å². The first kappa shape index (κ1) is 10.4. The molecule has 3 heteroatoms. The van der Waals surface area contributed by atoms with Gasteiger partial charge in [0.25, 0.3) is 0 Å². The van der Waals surface area contributed by atoms with Gasteiger partial charge in [-0.25, -0.2) is 0 Å². The minimum absolute atomic E-state index is 0.00327. The summed E-state index contributed by atoms with van der Waals surface area (Å²) in [7, 11) is 0. The van der Waals surface area contributed by atoms with E-state index < -0.39 is 0 Å². The van der Waals surface area contributed by atoms with Crippen LogP contribution in [0.15, 0.2) is 0 Å². The molecule has 1 rings (SSSR count). The largest absolute Gasteiger partial charge is 0.325 e. The lowest BCUT2D eigenvalue weighted by Gasteiger charge is -2.18. The predicted molar refractivity (Wildman–Crippen MR) is 56.6 cm³/mol. The zero-order chi connectivity index (χ0) is 9.03. The van der Waals surface area contributed by atoms with Gasteiger partial charge in [0.2, 0.25) is 0 Å². The van der Waals surface area contributed by atoms with Crippen molar-refractivity contribution in [2.24, 2.45) is 11.7 Å². The van der Waals surface area contributed by atoms with Crippen molar-refractivity contribution in [2.75, 3.05) is 24.6 Å². The predicted octanol–water partition coefficient (Wildman–Crippen LogP) is 1.07. The van der Waals surface area contributed by atoms with Crippen LogP contribution in [0.25, 0.3) is 0 Å². The Kier molecular flexibility index (Phi) is 3.87. The molecular weight excluding hydrogens is 168 g/mol. The minimum atomic E-state index is -0.00327. The molecule has 0 saturated carbocycles. The zero-order valence-electron chi connectivity index (χ0n) is 8.10. The molecule has 1 aliphatic heterocycles. The van der Waals surface area contributed by atoms with Crippen molar-refractivity contribution in [1.29, 1.82) is 0 Å². The normalized spacial score (nSPS) is 24.8. The van der Waals surface area contributed by atoms with Crippen LogP contribution in [0.5, 0.6) is 0 Å². The number of hydrogen-bond donors (Lipinski definition) is 2. The third-order valence-electron chi connectivity index (χ3n) is 1.99. The molecule has 0 aliphatic carbocycles. The fraction of sp³-hybridized carbons (Fsp3) is 1.00. The molecule has 1 aliphatic rings. The molecule has 1 fully saturated rings. The van der Waals surface area contributed by atoms with Gasteiger partial charge in [0, 0.05) is 11.3 Å². The van der Waals surface area contributed by atoms with Crippen LogP contribution in [0.4, 0.5) is 0 Å². The first-order valence-corrected chi connectivity index (χ1v) is 5.81.